The molecule has 1 fully saturated rings. The number of alkyl halides is 3. The lowest BCUT2D eigenvalue weighted by atomic mass is 10.1. The molecule has 0 bridgehead atoms. The lowest BCUT2D eigenvalue weighted by molar-refractivity contribution is -0.154. The maximum absolute atomic E-state index is 13.1. The number of nitrogens with zero attached hydrogens (tertiary/aromatic N) is 3. The van der Waals surface area contributed by atoms with Crippen molar-refractivity contribution in [3.8, 4) is 11.8 Å². The molecule has 0 radical (unpaired) electrons. The van der Waals surface area contributed by atoms with Gasteiger partial charge in [-0.05, 0) is 86.0 Å². The van der Waals surface area contributed by atoms with Gasteiger partial charge in [-0.25, -0.2) is 4.79 Å². The van der Waals surface area contributed by atoms with Crippen molar-refractivity contribution in [3.05, 3.63) is 88.9 Å². The van der Waals surface area contributed by atoms with Gasteiger partial charge < -0.3 is 40.8 Å². The minimum atomic E-state index is -4.64. The summed E-state index contributed by atoms with van der Waals surface area (Å²) in [6.45, 7) is 0.179. The maximum atomic E-state index is 13.1. The quantitative estimate of drug-likeness (QED) is 0.0825. The van der Waals surface area contributed by atoms with Crippen molar-refractivity contribution in [1.29, 1.82) is 0 Å². The van der Waals surface area contributed by atoms with Crippen molar-refractivity contribution >= 4 is 58.6 Å². The highest BCUT2D eigenvalue weighted by atomic mass is 35.5. The Bertz CT molecular complexity index is 1960. The fraction of sp³-hybridized carbons (Fsp3) is 0.286. The molecule has 15 nitrogen and oxygen atoms in total. The monoisotopic (exact) mass is 770 g/mol. The van der Waals surface area contributed by atoms with E-state index in [4.69, 9.17) is 25.8 Å². The zero-order valence-corrected chi connectivity index (χ0v) is 29.5. The molecule has 1 heterocycles. The number of carbonyl (C=O) groups is 4. The number of amides is 3. The number of ether oxygens (including phenoxy) is 3. The van der Waals surface area contributed by atoms with Gasteiger partial charge >= 0.3 is 30.0 Å². The number of nitrogens with one attached hydrogen (secondary N) is 5. The fourth-order valence-electron chi connectivity index (χ4n) is 4.95. The molecule has 3 aromatic carbocycles. The number of benzene rings is 3. The molecule has 0 spiro atoms. The van der Waals surface area contributed by atoms with Crippen LogP contribution in [0.2, 0.25) is 5.02 Å². The number of hydrogen-bond acceptors (Lipinski definition) is 12. The molecule has 3 amide bonds. The topological polar surface area (TPSA) is 195 Å². The summed E-state index contributed by atoms with van der Waals surface area (Å²) >= 11 is 6.02. The molecule has 0 unspecified atom stereocenters. The summed E-state index contributed by atoms with van der Waals surface area (Å²) in [5.74, 6) is -3.30. The summed E-state index contributed by atoms with van der Waals surface area (Å²) in [5.41, 5.74) is 1.07. The maximum Gasteiger partial charge on any atom is 0.422 e. The minimum absolute atomic E-state index is 0.0392. The Kier molecular flexibility index (Phi) is 12.4. The second kappa shape index (κ2) is 17.1. The number of aromatic nitrogens is 3. The summed E-state index contributed by atoms with van der Waals surface area (Å²) in [6, 6.07) is 17.2. The minimum Gasteiger partial charge on any atom is -0.494 e. The lowest BCUT2D eigenvalue weighted by Gasteiger charge is -2.19. The fourth-order valence-corrected chi connectivity index (χ4v) is 5.07. The highest BCUT2D eigenvalue weighted by Gasteiger charge is 2.45. The molecule has 4 aromatic rings. The number of hydrogen-bond donors (Lipinski definition) is 5. The molecule has 0 aliphatic heterocycles. The molecule has 5 N–H and O–H groups in total. The van der Waals surface area contributed by atoms with Gasteiger partial charge in [-0.3, -0.25) is 14.4 Å². The van der Waals surface area contributed by atoms with Crippen LogP contribution in [-0.2, 0) is 24.7 Å². The number of halogens is 4. The highest BCUT2D eigenvalue weighted by molar-refractivity contribution is 6.39. The molecule has 1 aromatic heterocycles. The second-order valence-corrected chi connectivity index (χ2v) is 12.2. The number of carbonyl (C=O) groups excluding carboxylic acids is 4. The normalized spacial score (nSPS) is 13.4. The van der Waals surface area contributed by atoms with Gasteiger partial charge in [0.25, 0.3) is 5.91 Å². The van der Waals surface area contributed by atoms with Crippen molar-refractivity contribution in [2.75, 3.05) is 42.8 Å². The SMILES string of the molecule is CCOc1ccc(NC(=O)C(=O)NC[C@H](NC(=O)c2ccc(Nc3nc(NC4(c5ccc(Cl)cc5)CC4)nc(OCC(F)(F)F)n3)cc2)C(=O)OC)cc1. The van der Waals surface area contributed by atoms with E-state index in [0.29, 0.717) is 41.6 Å². The Balaban J connectivity index is 1.22. The van der Waals surface area contributed by atoms with Crippen molar-refractivity contribution in [3.63, 3.8) is 0 Å². The predicted octanol–water partition coefficient (Wildman–Crippen LogP) is 4.74. The summed E-state index contributed by atoms with van der Waals surface area (Å²) in [6.07, 6.45) is -3.24. The van der Waals surface area contributed by atoms with Gasteiger partial charge in [0.05, 0.1) is 19.3 Å². The molecule has 0 saturated heterocycles. The van der Waals surface area contributed by atoms with E-state index in [-0.39, 0.29) is 17.5 Å². The van der Waals surface area contributed by atoms with Crippen LogP contribution in [0.5, 0.6) is 11.8 Å². The largest absolute Gasteiger partial charge is 0.494 e. The van der Waals surface area contributed by atoms with Gasteiger partial charge in [0.1, 0.15) is 11.8 Å². The molecule has 1 aliphatic rings. The van der Waals surface area contributed by atoms with Crippen LogP contribution in [0.1, 0.15) is 35.7 Å². The Morgan fingerprint density at radius 3 is 2.11 bits per heavy atom. The van der Waals surface area contributed by atoms with Gasteiger partial charge in [0.2, 0.25) is 11.9 Å². The van der Waals surface area contributed by atoms with Crippen LogP contribution in [0.15, 0.2) is 72.8 Å². The van der Waals surface area contributed by atoms with E-state index >= 15 is 0 Å². The third-order valence-corrected chi connectivity index (χ3v) is 8.02. The van der Waals surface area contributed by atoms with Crippen molar-refractivity contribution in [1.82, 2.24) is 25.6 Å². The average Bonchev–Trinajstić information content (AvgIpc) is 3.93. The number of esters is 1. The molecular formula is C35H34ClF3N8O7. The van der Waals surface area contributed by atoms with Crippen molar-refractivity contribution < 1.29 is 46.6 Å². The Hall–Kier alpha value is -6.17. The number of rotatable bonds is 15. The highest BCUT2D eigenvalue weighted by Crippen LogP contribution is 2.48. The third-order valence-electron chi connectivity index (χ3n) is 7.77. The van der Waals surface area contributed by atoms with Crippen LogP contribution in [0.4, 0.5) is 36.4 Å². The molecule has 54 heavy (non-hydrogen) atoms. The molecule has 19 heteroatoms. The molecule has 1 saturated carbocycles. The zero-order chi connectivity index (χ0) is 38.9. The standard InChI is InChI=1S/C35H34ClF3N8O7/c1-3-53-25-14-12-23(13-15-25)41-29(50)28(49)40-18-26(30(51)52-2)43-27(48)20-4-10-24(11-5-20)42-31-44-32(46-33(45-31)54-19-35(37,38)39)47-34(16-17-34)21-6-8-22(36)9-7-21/h4-15,26H,3,16-19H2,1-2H3,(H,40,49)(H,41,50)(H,43,48)(H2,42,44,45,46,47)/t26-/m0/s1. The van der Waals surface area contributed by atoms with E-state index < -0.39 is 60.6 Å². The Labute approximate surface area is 311 Å². The lowest BCUT2D eigenvalue weighted by Crippen LogP contribution is -2.50. The Morgan fingerprint density at radius 2 is 1.50 bits per heavy atom. The molecule has 1 aliphatic carbocycles. The first-order valence-electron chi connectivity index (χ1n) is 16.3. The van der Waals surface area contributed by atoms with E-state index in [9.17, 15) is 32.3 Å². The van der Waals surface area contributed by atoms with Gasteiger partial charge in [-0.1, -0.05) is 23.7 Å². The van der Waals surface area contributed by atoms with Crippen LogP contribution in [0.3, 0.4) is 0 Å². The van der Waals surface area contributed by atoms with Crippen LogP contribution in [0.25, 0.3) is 0 Å². The van der Waals surface area contributed by atoms with E-state index in [2.05, 4.69) is 41.5 Å². The number of methoxy groups -OCH3 is 1. The summed E-state index contributed by atoms with van der Waals surface area (Å²) in [4.78, 5) is 62.6. The number of anilines is 4. The molecule has 5 rings (SSSR count). The van der Waals surface area contributed by atoms with Gasteiger partial charge in [-0.2, -0.15) is 28.1 Å². The summed E-state index contributed by atoms with van der Waals surface area (Å²) in [7, 11) is 1.09. The van der Waals surface area contributed by atoms with Gasteiger partial charge in [0, 0.05) is 28.5 Å². The van der Waals surface area contributed by atoms with Gasteiger partial charge in [0.15, 0.2) is 6.61 Å². The van der Waals surface area contributed by atoms with E-state index in [1.54, 1.807) is 36.4 Å². The van der Waals surface area contributed by atoms with Crippen LogP contribution >= 0.6 is 11.6 Å². The first-order valence-corrected chi connectivity index (χ1v) is 16.7. The van der Waals surface area contributed by atoms with E-state index in [0.717, 1.165) is 12.7 Å². The van der Waals surface area contributed by atoms with E-state index in [1.165, 1.54) is 24.3 Å². The predicted molar refractivity (Wildman–Crippen MR) is 190 cm³/mol. The second-order valence-electron chi connectivity index (χ2n) is 11.8. The average molecular weight is 771 g/mol. The van der Waals surface area contributed by atoms with Crippen molar-refractivity contribution in [2.45, 2.75) is 37.5 Å². The van der Waals surface area contributed by atoms with Crippen LogP contribution in [0, 0.1) is 0 Å². The molecular weight excluding hydrogens is 737 g/mol. The van der Waals surface area contributed by atoms with Gasteiger partial charge in [-0.15, -0.1) is 0 Å². The van der Waals surface area contributed by atoms with Crippen LogP contribution in [-0.4, -0.2) is 77.7 Å². The van der Waals surface area contributed by atoms with E-state index in [1.807, 2.05) is 19.1 Å². The summed E-state index contributed by atoms with van der Waals surface area (Å²) < 4.78 is 53.8. The molecule has 284 valence electrons. The molecule has 1 atom stereocenters. The third kappa shape index (κ3) is 10.9. The smallest absolute Gasteiger partial charge is 0.422 e. The van der Waals surface area contributed by atoms with Crippen LogP contribution < -0.4 is 36.1 Å². The zero-order valence-electron chi connectivity index (χ0n) is 28.8. The first-order chi connectivity index (χ1) is 25.8. The summed E-state index contributed by atoms with van der Waals surface area (Å²) in [5, 5.41) is 13.7. The van der Waals surface area contributed by atoms with Crippen molar-refractivity contribution in [2.24, 2.45) is 0 Å². The Morgan fingerprint density at radius 1 is 0.852 bits per heavy atom. The first kappa shape index (κ1) is 39.0.